The zero-order valence-electron chi connectivity index (χ0n) is 14.9. The Kier molecular flexibility index (Phi) is 5.14. The molecule has 2 saturated heterocycles. The molecule has 140 valence electrons. The first-order valence-corrected chi connectivity index (χ1v) is 9.31. The summed E-state index contributed by atoms with van der Waals surface area (Å²) in [4.78, 5) is 15.6. The maximum Gasteiger partial charge on any atom is 0.271 e. The van der Waals surface area contributed by atoms with Crippen LogP contribution in [0.2, 0.25) is 0 Å². The summed E-state index contributed by atoms with van der Waals surface area (Å²) in [5.41, 5.74) is 0.943. The van der Waals surface area contributed by atoms with Gasteiger partial charge in [-0.15, -0.1) is 0 Å². The molecular weight excluding hydrogens is 334 g/mol. The van der Waals surface area contributed by atoms with Crippen molar-refractivity contribution in [1.29, 1.82) is 0 Å². The molecule has 26 heavy (non-hydrogen) atoms. The average molecular weight is 359 g/mol. The number of benzene rings is 1. The van der Waals surface area contributed by atoms with E-state index in [1.165, 1.54) is 25.5 Å². The maximum atomic E-state index is 11.0. The van der Waals surface area contributed by atoms with E-state index in [0.29, 0.717) is 6.67 Å². The molecule has 0 radical (unpaired) electrons. The third kappa shape index (κ3) is 3.87. The predicted molar refractivity (Wildman–Crippen MR) is 97.9 cm³/mol. The largest absolute Gasteiger partial charge is 0.379 e. The maximum absolute atomic E-state index is 11.0. The normalized spacial score (nSPS) is 20.6. The number of hydrogen-bond donors (Lipinski definition) is 0. The summed E-state index contributed by atoms with van der Waals surface area (Å²) >= 11 is 0. The van der Waals surface area contributed by atoms with Gasteiger partial charge in [0.1, 0.15) is 0 Å². The van der Waals surface area contributed by atoms with Crippen molar-refractivity contribution in [2.24, 2.45) is 5.92 Å². The van der Waals surface area contributed by atoms with Crippen molar-refractivity contribution in [1.82, 2.24) is 19.6 Å². The molecule has 0 unspecified atom stereocenters. The third-order valence-electron chi connectivity index (χ3n) is 5.50. The van der Waals surface area contributed by atoms with Gasteiger partial charge in [-0.1, -0.05) is 0 Å². The van der Waals surface area contributed by atoms with Crippen molar-refractivity contribution >= 4 is 16.6 Å². The number of fused-ring (bicyclic) bond motifs is 1. The van der Waals surface area contributed by atoms with E-state index in [1.807, 2.05) is 4.68 Å². The standard InChI is InChI=1S/C18H25N5O3/c24-23(25)17-2-1-16-12-19-22(18(16)11-17)14-21-5-3-15(4-6-21)13-20-7-9-26-10-8-20/h1-2,11-12,15H,3-10,13-14H2. The summed E-state index contributed by atoms with van der Waals surface area (Å²) in [6, 6.07) is 4.92. The highest BCUT2D eigenvalue weighted by Gasteiger charge is 2.23. The minimum absolute atomic E-state index is 0.114. The number of nitrogens with zero attached hydrogens (tertiary/aromatic N) is 5. The highest BCUT2D eigenvalue weighted by Crippen LogP contribution is 2.23. The molecule has 2 aliphatic rings. The number of non-ortho nitro benzene ring substituents is 1. The zero-order chi connectivity index (χ0) is 17.9. The number of aromatic nitrogens is 2. The van der Waals surface area contributed by atoms with Gasteiger partial charge in [-0.2, -0.15) is 5.10 Å². The van der Waals surface area contributed by atoms with Gasteiger partial charge in [0, 0.05) is 50.2 Å². The van der Waals surface area contributed by atoms with Crippen LogP contribution in [0.15, 0.2) is 24.4 Å². The fraction of sp³-hybridized carbons (Fsp3) is 0.611. The number of likely N-dealkylation sites (tertiary alicyclic amines) is 1. The second kappa shape index (κ2) is 7.69. The molecule has 2 aromatic rings. The Morgan fingerprint density at radius 2 is 1.92 bits per heavy atom. The van der Waals surface area contributed by atoms with Crippen LogP contribution in [0.25, 0.3) is 10.9 Å². The highest BCUT2D eigenvalue weighted by atomic mass is 16.6. The molecule has 0 saturated carbocycles. The summed E-state index contributed by atoms with van der Waals surface area (Å²) in [5, 5.41) is 16.4. The minimum atomic E-state index is -0.353. The van der Waals surface area contributed by atoms with Gasteiger partial charge in [-0.05, 0) is 24.8 Å². The fourth-order valence-electron chi connectivity index (χ4n) is 3.93. The molecule has 0 atom stereocenters. The Labute approximate surface area is 152 Å². The average Bonchev–Trinajstić information content (AvgIpc) is 3.06. The Hall–Kier alpha value is -2.03. The lowest BCUT2D eigenvalue weighted by Crippen LogP contribution is -2.43. The lowest BCUT2D eigenvalue weighted by molar-refractivity contribution is -0.384. The topological polar surface area (TPSA) is 76.7 Å². The zero-order valence-corrected chi connectivity index (χ0v) is 14.9. The van der Waals surface area contributed by atoms with Gasteiger partial charge in [0.2, 0.25) is 0 Å². The summed E-state index contributed by atoms with van der Waals surface area (Å²) in [7, 11) is 0. The SMILES string of the molecule is O=[N+]([O-])c1ccc2cnn(CN3CCC(CN4CCOCC4)CC3)c2c1. The number of rotatable bonds is 5. The Bertz CT molecular complexity index is 763. The molecule has 8 heteroatoms. The molecule has 2 fully saturated rings. The van der Waals surface area contributed by atoms with E-state index in [9.17, 15) is 10.1 Å². The van der Waals surface area contributed by atoms with E-state index in [-0.39, 0.29) is 10.6 Å². The Balaban J connectivity index is 1.34. The van der Waals surface area contributed by atoms with Crippen LogP contribution in [-0.4, -0.2) is 70.4 Å². The Morgan fingerprint density at radius 3 is 2.65 bits per heavy atom. The van der Waals surface area contributed by atoms with E-state index in [0.717, 1.165) is 56.2 Å². The lowest BCUT2D eigenvalue weighted by atomic mass is 9.96. The lowest BCUT2D eigenvalue weighted by Gasteiger charge is -2.36. The van der Waals surface area contributed by atoms with Crippen molar-refractivity contribution < 1.29 is 9.66 Å². The Morgan fingerprint density at radius 1 is 1.15 bits per heavy atom. The van der Waals surface area contributed by atoms with Crippen LogP contribution >= 0.6 is 0 Å². The number of piperidine rings is 1. The van der Waals surface area contributed by atoms with Crippen molar-refractivity contribution in [3.05, 3.63) is 34.5 Å². The van der Waals surface area contributed by atoms with Crippen LogP contribution < -0.4 is 0 Å². The smallest absolute Gasteiger partial charge is 0.271 e. The van der Waals surface area contributed by atoms with E-state index >= 15 is 0 Å². The summed E-state index contributed by atoms with van der Waals surface area (Å²) < 4.78 is 7.30. The first-order valence-electron chi connectivity index (χ1n) is 9.31. The van der Waals surface area contributed by atoms with Crippen LogP contribution in [0.1, 0.15) is 12.8 Å². The van der Waals surface area contributed by atoms with E-state index in [4.69, 9.17) is 4.74 Å². The monoisotopic (exact) mass is 359 g/mol. The molecule has 2 aliphatic heterocycles. The highest BCUT2D eigenvalue weighted by molar-refractivity contribution is 5.80. The van der Waals surface area contributed by atoms with Crippen LogP contribution in [-0.2, 0) is 11.4 Å². The second-order valence-electron chi connectivity index (χ2n) is 7.26. The quantitative estimate of drug-likeness (QED) is 0.600. The van der Waals surface area contributed by atoms with Gasteiger partial charge in [-0.3, -0.25) is 24.6 Å². The van der Waals surface area contributed by atoms with Gasteiger partial charge in [0.15, 0.2) is 0 Å². The number of ether oxygens (including phenoxy) is 1. The van der Waals surface area contributed by atoms with Crippen molar-refractivity contribution in [3.63, 3.8) is 0 Å². The second-order valence-corrected chi connectivity index (χ2v) is 7.26. The van der Waals surface area contributed by atoms with Crippen LogP contribution in [0.3, 0.4) is 0 Å². The van der Waals surface area contributed by atoms with Crippen LogP contribution in [0.4, 0.5) is 5.69 Å². The molecule has 0 spiro atoms. The molecule has 1 aromatic carbocycles. The molecule has 0 amide bonds. The van der Waals surface area contributed by atoms with Crippen molar-refractivity contribution in [3.8, 4) is 0 Å². The van der Waals surface area contributed by atoms with Gasteiger partial charge in [-0.25, -0.2) is 0 Å². The molecule has 3 heterocycles. The van der Waals surface area contributed by atoms with Gasteiger partial charge in [0.05, 0.1) is 36.5 Å². The van der Waals surface area contributed by atoms with E-state index in [1.54, 1.807) is 18.3 Å². The first-order chi connectivity index (χ1) is 12.7. The molecule has 0 N–H and O–H groups in total. The van der Waals surface area contributed by atoms with E-state index in [2.05, 4.69) is 14.9 Å². The van der Waals surface area contributed by atoms with Gasteiger partial charge < -0.3 is 4.74 Å². The molecule has 4 rings (SSSR count). The minimum Gasteiger partial charge on any atom is -0.379 e. The van der Waals surface area contributed by atoms with Gasteiger partial charge in [0.25, 0.3) is 5.69 Å². The number of nitro benzene ring substituents is 1. The van der Waals surface area contributed by atoms with Crippen molar-refractivity contribution in [2.75, 3.05) is 45.9 Å². The number of morpholine rings is 1. The molecule has 8 nitrogen and oxygen atoms in total. The number of nitro groups is 1. The molecule has 0 aliphatic carbocycles. The summed E-state index contributed by atoms with van der Waals surface area (Å²) in [5.74, 6) is 0.750. The molecule has 0 bridgehead atoms. The summed E-state index contributed by atoms with van der Waals surface area (Å²) in [6.45, 7) is 7.78. The molecular formula is C18H25N5O3. The van der Waals surface area contributed by atoms with Gasteiger partial charge >= 0.3 is 0 Å². The summed E-state index contributed by atoms with van der Waals surface area (Å²) in [6.07, 6.45) is 4.16. The first kappa shape index (κ1) is 17.4. The van der Waals surface area contributed by atoms with Crippen LogP contribution in [0, 0.1) is 16.0 Å². The van der Waals surface area contributed by atoms with E-state index < -0.39 is 0 Å². The van der Waals surface area contributed by atoms with Crippen LogP contribution in [0.5, 0.6) is 0 Å². The third-order valence-corrected chi connectivity index (χ3v) is 5.50. The number of hydrogen-bond acceptors (Lipinski definition) is 6. The fourth-order valence-corrected chi connectivity index (χ4v) is 3.93. The van der Waals surface area contributed by atoms with Crippen molar-refractivity contribution in [2.45, 2.75) is 19.5 Å². The molecule has 1 aromatic heterocycles. The predicted octanol–water partition coefficient (Wildman–Crippen LogP) is 1.95.